The fourth-order valence-corrected chi connectivity index (χ4v) is 2.52. The minimum Gasteiger partial charge on any atom is -0.389 e. The molecule has 1 aromatic carbocycles. The van der Waals surface area contributed by atoms with E-state index in [1.165, 1.54) is 6.07 Å². The van der Waals surface area contributed by atoms with Gasteiger partial charge < -0.3 is 10.0 Å². The topological polar surface area (TPSA) is 26.7 Å². The van der Waals surface area contributed by atoms with Gasteiger partial charge in [-0.2, -0.15) is 0 Å². The van der Waals surface area contributed by atoms with E-state index in [-0.39, 0.29) is 5.82 Å². The number of aliphatic hydroxyl groups excluding tert-OH is 1. The maximum atomic E-state index is 14.1. The van der Waals surface area contributed by atoms with Crippen molar-refractivity contribution < 1.29 is 9.50 Å². The molecule has 19 heavy (non-hydrogen) atoms. The number of benzene rings is 1. The maximum absolute atomic E-state index is 14.1. The first kappa shape index (κ1) is 14.3. The minimum atomic E-state index is -0.624. The van der Waals surface area contributed by atoms with E-state index in [1.807, 2.05) is 0 Å². The number of hydrogen-bond donors (Lipinski definition) is 1. The Kier molecular flexibility index (Phi) is 4.42. The molecule has 1 saturated heterocycles. The molecule has 0 amide bonds. The molecule has 1 aromatic rings. The van der Waals surface area contributed by atoms with Crippen molar-refractivity contribution in [2.75, 3.05) is 31.1 Å². The highest BCUT2D eigenvalue weighted by Gasteiger charge is 2.21. The van der Waals surface area contributed by atoms with Crippen LogP contribution in [0, 0.1) is 5.82 Å². The summed E-state index contributed by atoms with van der Waals surface area (Å²) in [7, 11) is 0. The highest BCUT2D eigenvalue weighted by molar-refractivity contribution is 5.50. The van der Waals surface area contributed by atoms with Crippen molar-refractivity contribution in [3.8, 4) is 0 Å². The van der Waals surface area contributed by atoms with Gasteiger partial charge in [-0.3, -0.25) is 4.90 Å². The van der Waals surface area contributed by atoms with Crippen LogP contribution in [0.5, 0.6) is 0 Å². The van der Waals surface area contributed by atoms with Crippen LogP contribution in [0.1, 0.15) is 32.4 Å². The second kappa shape index (κ2) is 5.88. The third kappa shape index (κ3) is 3.25. The maximum Gasteiger partial charge on any atom is 0.146 e. The Bertz CT molecular complexity index is 426. The summed E-state index contributed by atoms with van der Waals surface area (Å²) in [5.74, 6) is -0.239. The van der Waals surface area contributed by atoms with Crippen molar-refractivity contribution in [1.29, 1.82) is 0 Å². The van der Waals surface area contributed by atoms with Gasteiger partial charge in [-0.1, -0.05) is 6.07 Å². The van der Waals surface area contributed by atoms with Crippen LogP contribution in [0.25, 0.3) is 0 Å². The zero-order valence-corrected chi connectivity index (χ0v) is 11.9. The molecule has 106 valence electrons. The Morgan fingerprint density at radius 3 is 2.21 bits per heavy atom. The molecule has 1 aliphatic heterocycles. The van der Waals surface area contributed by atoms with Gasteiger partial charge in [0.05, 0.1) is 11.8 Å². The first-order valence-corrected chi connectivity index (χ1v) is 6.95. The minimum absolute atomic E-state index is 0.239. The molecule has 0 aromatic heterocycles. The molecule has 4 heteroatoms. The van der Waals surface area contributed by atoms with Crippen LogP contribution in [-0.4, -0.2) is 42.2 Å². The summed E-state index contributed by atoms with van der Waals surface area (Å²) >= 11 is 0. The van der Waals surface area contributed by atoms with Crippen LogP contribution >= 0.6 is 0 Å². The van der Waals surface area contributed by atoms with Crippen LogP contribution in [0.2, 0.25) is 0 Å². The fraction of sp³-hybridized carbons (Fsp3) is 0.600. The molecule has 0 bridgehead atoms. The Balaban J connectivity index is 2.07. The van der Waals surface area contributed by atoms with Crippen molar-refractivity contribution in [1.82, 2.24) is 4.90 Å². The number of nitrogens with zero attached hydrogens (tertiary/aromatic N) is 2. The fourth-order valence-electron chi connectivity index (χ4n) is 2.52. The highest BCUT2D eigenvalue weighted by atomic mass is 19.1. The van der Waals surface area contributed by atoms with E-state index in [2.05, 4.69) is 23.6 Å². The summed E-state index contributed by atoms with van der Waals surface area (Å²) in [4.78, 5) is 4.48. The molecule has 0 radical (unpaired) electrons. The van der Waals surface area contributed by atoms with Gasteiger partial charge in [0.1, 0.15) is 5.82 Å². The lowest BCUT2D eigenvalue weighted by Gasteiger charge is -2.38. The number of hydrogen-bond acceptors (Lipinski definition) is 3. The number of aliphatic hydroxyl groups is 1. The van der Waals surface area contributed by atoms with E-state index in [0.29, 0.717) is 17.3 Å². The molecule has 1 fully saturated rings. The SMILES string of the molecule is CC(O)c1ccc(N2CCN(C(C)C)CC2)c(F)c1. The second-order valence-corrected chi connectivity index (χ2v) is 5.50. The largest absolute Gasteiger partial charge is 0.389 e. The quantitative estimate of drug-likeness (QED) is 0.910. The van der Waals surface area contributed by atoms with Crippen molar-refractivity contribution in [3.05, 3.63) is 29.6 Å². The van der Waals surface area contributed by atoms with Crippen LogP contribution < -0.4 is 4.90 Å². The van der Waals surface area contributed by atoms with Crippen molar-refractivity contribution in [2.24, 2.45) is 0 Å². The molecule has 1 unspecified atom stereocenters. The van der Waals surface area contributed by atoms with E-state index in [9.17, 15) is 9.50 Å². The lowest BCUT2D eigenvalue weighted by Crippen LogP contribution is -2.49. The van der Waals surface area contributed by atoms with Gasteiger partial charge in [0.15, 0.2) is 0 Å². The molecule has 0 aliphatic carbocycles. The van der Waals surface area contributed by atoms with Crippen molar-refractivity contribution in [3.63, 3.8) is 0 Å². The molecule has 1 heterocycles. The lowest BCUT2D eigenvalue weighted by atomic mass is 10.1. The Morgan fingerprint density at radius 1 is 1.11 bits per heavy atom. The third-order valence-electron chi connectivity index (χ3n) is 3.84. The highest BCUT2D eigenvalue weighted by Crippen LogP contribution is 2.24. The second-order valence-electron chi connectivity index (χ2n) is 5.50. The van der Waals surface area contributed by atoms with Gasteiger partial charge >= 0.3 is 0 Å². The molecular formula is C15H23FN2O. The number of piperazine rings is 1. The first-order chi connectivity index (χ1) is 8.99. The summed E-state index contributed by atoms with van der Waals surface area (Å²) in [5, 5.41) is 9.46. The van der Waals surface area contributed by atoms with E-state index >= 15 is 0 Å². The monoisotopic (exact) mass is 266 g/mol. The smallest absolute Gasteiger partial charge is 0.146 e. The van der Waals surface area contributed by atoms with Crippen LogP contribution in [-0.2, 0) is 0 Å². The summed E-state index contributed by atoms with van der Waals surface area (Å²) in [6, 6.07) is 5.57. The lowest BCUT2D eigenvalue weighted by molar-refractivity contribution is 0.198. The van der Waals surface area contributed by atoms with Crippen molar-refractivity contribution >= 4 is 5.69 Å². The van der Waals surface area contributed by atoms with Crippen molar-refractivity contribution in [2.45, 2.75) is 32.9 Å². The molecule has 2 rings (SSSR count). The summed E-state index contributed by atoms with van der Waals surface area (Å²) in [6.45, 7) is 9.66. The van der Waals surface area contributed by atoms with E-state index in [4.69, 9.17) is 0 Å². The van der Waals surface area contributed by atoms with Gasteiger partial charge in [-0.25, -0.2) is 4.39 Å². The average Bonchev–Trinajstić information content (AvgIpc) is 2.38. The Labute approximate surface area is 114 Å². The molecule has 1 aliphatic rings. The van der Waals surface area contributed by atoms with Crippen LogP contribution in [0.15, 0.2) is 18.2 Å². The number of anilines is 1. The van der Waals surface area contributed by atoms with Gasteiger partial charge in [0.25, 0.3) is 0 Å². The zero-order chi connectivity index (χ0) is 14.0. The standard InChI is InChI=1S/C15H23FN2O/c1-11(2)17-6-8-18(9-7-17)15-5-4-13(12(3)19)10-14(15)16/h4-5,10-12,19H,6-9H2,1-3H3. The van der Waals surface area contributed by atoms with Crippen LogP contribution in [0.3, 0.4) is 0 Å². The number of halogens is 1. The average molecular weight is 266 g/mol. The molecule has 0 spiro atoms. The predicted molar refractivity (Wildman–Crippen MR) is 76.0 cm³/mol. The molecular weight excluding hydrogens is 243 g/mol. The van der Waals surface area contributed by atoms with Crippen LogP contribution in [0.4, 0.5) is 10.1 Å². The Morgan fingerprint density at radius 2 is 1.74 bits per heavy atom. The summed E-state index contributed by atoms with van der Waals surface area (Å²) in [6.07, 6.45) is -0.624. The van der Waals surface area contributed by atoms with E-state index < -0.39 is 6.10 Å². The summed E-state index contributed by atoms with van der Waals surface area (Å²) in [5.41, 5.74) is 1.27. The third-order valence-corrected chi connectivity index (χ3v) is 3.84. The predicted octanol–water partition coefficient (Wildman–Crippen LogP) is 2.41. The van der Waals surface area contributed by atoms with Gasteiger partial charge in [0.2, 0.25) is 0 Å². The van der Waals surface area contributed by atoms with Gasteiger partial charge in [-0.05, 0) is 38.5 Å². The van der Waals surface area contributed by atoms with Gasteiger partial charge in [-0.15, -0.1) is 0 Å². The zero-order valence-electron chi connectivity index (χ0n) is 11.9. The molecule has 1 atom stereocenters. The molecule has 1 N–H and O–H groups in total. The van der Waals surface area contributed by atoms with E-state index in [0.717, 1.165) is 26.2 Å². The first-order valence-electron chi connectivity index (χ1n) is 6.95. The van der Waals surface area contributed by atoms with E-state index in [1.54, 1.807) is 19.1 Å². The summed E-state index contributed by atoms with van der Waals surface area (Å²) < 4.78 is 14.1. The molecule has 0 saturated carbocycles. The Hall–Kier alpha value is -1.13. The number of rotatable bonds is 3. The van der Waals surface area contributed by atoms with Gasteiger partial charge in [0, 0.05) is 32.2 Å². The molecule has 3 nitrogen and oxygen atoms in total. The normalized spacial score (nSPS) is 18.9.